The standard InChI is InChI=1S/C19H14N2O2S2/c22-17(23)11-12-18-20(13-5-1-3-7-15(13)24-18)9-10-21-14-6-2-4-8-16(14)25-19(12)21/h1-8H,9-11H2/p+1. The summed E-state index contributed by atoms with van der Waals surface area (Å²) in [6, 6.07) is 16.6. The van der Waals surface area contributed by atoms with Crippen molar-refractivity contribution >= 4 is 50.5 Å². The fourth-order valence-corrected chi connectivity index (χ4v) is 6.08. The van der Waals surface area contributed by atoms with Crippen molar-refractivity contribution in [1.82, 2.24) is 0 Å². The Hall–Kier alpha value is -2.31. The van der Waals surface area contributed by atoms with E-state index in [2.05, 4.69) is 33.7 Å². The summed E-state index contributed by atoms with van der Waals surface area (Å²) in [5.74, 6) is -0.787. The van der Waals surface area contributed by atoms with Gasteiger partial charge in [-0.25, -0.2) is 0 Å². The summed E-state index contributed by atoms with van der Waals surface area (Å²) < 4.78 is 3.49. The lowest BCUT2D eigenvalue weighted by atomic mass is 10.2. The zero-order valence-electron chi connectivity index (χ0n) is 13.3. The third-order valence-corrected chi connectivity index (χ3v) is 7.06. The number of carboxylic acids is 1. The first-order valence-corrected chi connectivity index (χ1v) is 9.77. The van der Waals surface area contributed by atoms with E-state index in [4.69, 9.17) is 0 Å². The minimum Gasteiger partial charge on any atom is -0.481 e. The Balaban J connectivity index is 1.77. The molecule has 0 radical (unpaired) electrons. The van der Waals surface area contributed by atoms with Crippen LogP contribution < -0.4 is 9.47 Å². The molecule has 0 saturated heterocycles. The number of para-hydroxylation sites is 2. The lowest BCUT2D eigenvalue weighted by Crippen LogP contribution is -2.39. The average molecular weight is 367 g/mol. The van der Waals surface area contributed by atoms with Gasteiger partial charge in [-0.15, -0.1) is 0 Å². The first-order valence-electron chi connectivity index (χ1n) is 8.13. The number of hydrogen-bond acceptors (Lipinski definition) is 4. The van der Waals surface area contributed by atoms with Crippen LogP contribution in [0.2, 0.25) is 0 Å². The molecule has 4 nitrogen and oxygen atoms in total. The highest BCUT2D eigenvalue weighted by Gasteiger charge is 2.37. The molecule has 124 valence electrons. The van der Waals surface area contributed by atoms with E-state index in [0.717, 1.165) is 28.7 Å². The van der Waals surface area contributed by atoms with Crippen LogP contribution in [-0.2, 0) is 11.3 Å². The molecule has 0 atom stereocenters. The van der Waals surface area contributed by atoms with Gasteiger partial charge in [0.25, 0.3) is 5.01 Å². The van der Waals surface area contributed by atoms with Crippen LogP contribution in [0, 0.1) is 0 Å². The summed E-state index contributed by atoms with van der Waals surface area (Å²) in [7, 11) is 0. The van der Waals surface area contributed by atoms with Crippen LogP contribution in [0.15, 0.2) is 58.5 Å². The van der Waals surface area contributed by atoms with Crippen molar-refractivity contribution in [2.45, 2.75) is 17.9 Å². The Morgan fingerprint density at radius 1 is 1.16 bits per heavy atom. The number of thioether (sulfide) groups is 1. The number of aromatic nitrogens is 1. The van der Waals surface area contributed by atoms with Gasteiger partial charge in [0, 0.05) is 11.0 Å². The normalized spacial score (nSPS) is 15.8. The highest BCUT2D eigenvalue weighted by atomic mass is 32.2. The monoisotopic (exact) mass is 367 g/mol. The van der Waals surface area contributed by atoms with Crippen LogP contribution in [0.5, 0.6) is 0 Å². The van der Waals surface area contributed by atoms with E-state index in [1.54, 1.807) is 23.1 Å². The van der Waals surface area contributed by atoms with Crippen molar-refractivity contribution in [2.75, 3.05) is 11.4 Å². The van der Waals surface area contributed by atoms with Crippen LogP contribution in [-0.4, -0.2) is 17.6 Å². The van der Waals surface area contributed by atoms with Crippen molar-refractivity contribution in [3.05, 3.63) is 58.6 Å². The van der Waals surface area contributed by atoms with E-state index in [-0.39, 0.29) is 6.42 Å². The average Bonchev–Trinajstić information content (AvgIpc) is 3.12. The number of nitrogens with zero attached hydrogens (tertiary/aromatic N) is 2. The largest absolute Gasteiger partial charge is 0.481 e. The molecule has 0 bridgehead atoms. The van der Waals surface area contributed by atoms with E-state index in [0.29, 0.717) is 0 Å². The summed E-state index contributed by atoms with van der Waals surface area (Å²) in [5.41, 5.74) is 3.29. The summed E-state index contributed by atoms with van der Waals surface area (Å²) in [4.78, 5) is 15.1. The molecule has 2 aliphatic rings. The Morgan fingerprint density at radius 2 is 1.96 bits per heavy atom. The minimum atomic E-state index is -0.787. The molecule has 3 aromatic rings. The molecule has 1 aromatic heterocycles. The summed E-state index contributed by atoms with van der Waals surface area (Å²) >= 11 is 3.39. The molecule has 0 fully saturated rings. The Morgan fingerprint density at radius 3 is 2.84 bits per heavy atom. The molecule has 0 saturated carbocycles. The number of hydrogen-bond donors (Lipinski definition) is 1. The first-order chi connectivity index (χ1) is 12.2. The Labute approximate surface area is 153 Å². The summed E-state index contributed by atoms with van der Waals surface area (Å²) in [6.45, 7) is 1.70. The molecule has 0 spiro atoms. The van der Waals surface area contributed by atoms with Gasteiger partial charge in [0.1, 0.15) is 4.70 Å². The van der Waals surface area contributed by atoms with E-state index in [9.17, 15) is 9.90 Å². The molecule has 3 heterocycles. The molecule has 5 rings (SSSR count). The summed E-state index contributed by atoms with van der Waals surface area (Å²) in [6.07, 6.45) is 0.0413. The molecule has 2 aliphatic heterocycles. The number of carboxylic acid groups (broad SMARTS) is 1. The van der Waals surface area contributed by atoms with Crippen LogP contribution in [0.3, 0.4) is 0 Å². The fourth-order valence-electron chi connectivity index (χ4n) is 3.56. The zero-order chi connectivity index (χ0) is 17.0. The SMILES string of the molecule is O=C(O)CC1=C2Sc3ccccc3N2CC[n+]2c1sc1ccccc12. The van der Waals surface area contributed by atoms with Crippen molar-refractivity contribution in [1.29, 1.82) is 0 Å². The topological polar surface area (TPSA) is 44.4 Å². The van der Waals surface area contributed by atoms with Crippen LogP contribution >= 0.6 is 23.1 Å². The number of rotatable bonds is 2. The van der Waals surface area contributed by atoms with Gasteiger partial charge in [0.2, 0.25) is 5.52 Å². The number of carbonyl (C=O) groups is 1. The van der Waals surface area contributed by atoms with E-state index in [1.165, 1.54) is 20.8 Å². The lowest BCUT2D eigenvalue weighted by molar-refractivity contribution is -0.666. The van der Waals surface area contributed by atoms with Gasteiger partial charge in [-0.05, 0) is 18.2 Å². The molecule has 0 unspecified atom stereocenters. The number of benzene rings is 2. The molecular weight excluding hydrogens is 352 g/mol. The minimum absolute atomic E-state index is 0.0413. The zero-order valence-corrected chi connectivity index (χ0v) is 14.9. The molecule has 6 heteroatoms. The summed E-state index contributed by atoms with van der Waals surface area (Å²) in [5, 5.41) is 11.7. The second-order valence-electron chi connectivity index (χ2n) is 6.10. The second kappa shape index (κ2) is 5.61. The van der Waals surface area contributed by atoms with Gasteiger partial charge in [-0.2, -0.15) is 4.57 Å². The van der Waals surface area contributed by atoms with E-state index in [1.807, 2.05) is 24.3 Å². The van der Waals surface area contributed by atoms with Gasteiger partial charge in [0.15, 0.2) is 6.54 Å². The first kappa shape index (κ1) is 15.0. The number of anilines is 1. The van der Waals surface area contributed by atoms with Crippen molar-refractivity contribution < 1.29 is 14.5 Å². The van der Waals surface area contributed by atoms with Crippen LogP contribution in [0.4, 0.5) is 5.69 Å². The number of aliphatic carboxylic acids is 1. The highest BCUT2D eigenvalue weighted by Crippen LogP contribution is 2.50. The fraction of sp³-hybridized carbons (Fsp3) is 0.158. The maximum absolute atomic E-state index is 11.6. The Kier molecular flexibility index (Phi) is 3.36. The van der Waals surface area contributed by atoms with Gasteiger partial charge in [-0.3, -0.25) is 4.79 Å². The van der Waals surface area contributed by atoms with Crippen molar-refractivity contribution in [3.8, 4) is 0 Å². The predicted octanol–water partition coefficient (Wildman–Crippen LogP) is 3.96. The third kappa shape index (κ3) is 2.28. The third-order valence-electron chi connectivity index (χ3n) is 4.61. The maximum atomic E-state index is 11.6. The number of thiazole rings is 1. The Bertz CT molecular complexity index is 1050. The lowest BCUT2D eigenvalue weighted by Gasteiger charge is -2.17. The van der Waals surface area contributed by atoms with E-state index >= 15 is 0 Å². The van der Waals surface area contributed by atoms with Gasteiger partial charge in [0.05, 0.1) is 29.3 Å². The number of fused-ring (bicyclic) bond motifs is 6. The maximum Gasteiger partial charge on any atom is 0.308 e. The van der Waals surface area contributed by atoms with Gasteiger partial charge >= 0.3 is 5.97 Å². The van der Waals surface area contributed by atoms with Gasteiger partial charge in [-0.1, -0.05) is 47.4 Å². The van der Waals surface area contributed by atoms with E-state index < -0.39 is 5.97 Å². The molecule has 1 N–H and O–H groups in total. The molecule has 25 heavy (non-hydrogen) atoms. The molecule has 0 amide bonds. The molecule has 0 aliphatic carbocycles. The van der Waals surface area contributed by atoms with Crippen molar-refractivity contribution in [2.24, 2.45) is 0 Å². The van der Waals surface area contributed by atoms with Crippen molar-refractivity contribution in [3.63, 3.8) is 0 Å². The van der Waals surface area contributed by atoms with Gasteiger partial charge < -0.3 is 10.0 Å². The van der Waals surface area contributed by atoms with Crippen LogP contribution in [0.1, 0.15) is 11.4 Å². The second-order valence-corrected chi connectivity index (χ2v) is 8.16. The quantitative estimate of drug-likeness (QED) is 0.697. The van der Waals surface area contributed by atoms with Crippen LogP contribution in [0.25, 0.3) is 15.8 Å². The highest BCUT2D eigenvalue weighted by molar-refractivity contribution is 8.04. The molecule has 2 aromatic carbocycles. The molecular formula is C19H15N2O2S2+. The smallest absolute Gasteiger partial charge is 0.308 e. The predicted molar refractivity (Wildman–Crippen MR) is 101 cm³/mol.